The lowest BCUT2D eigenvalue weighted by Crippen LogP contribution is -2.36. The van der Waals surface area contributed by atoms with Crippen LogP contribution in [0.5, 0.6) is 0 Å². The molecular weight excluding hydrogens is 340 g/mol. The average Bonchev–Trinajstić information content (AvgIpc) is 2.71. The number of halogens is 2. The molecular formula is C11H18BrClN2O2S. The van der Waals surface area contributed by atoms with Crippen molar-refractivity contribution in [2.24, 2.45) is 0 Å². The van der Waals surface area contributed by atoms with Crippen molar-refractivity contribution in [3.63, 3.8) is 0 Å². The molecule has 0 spiro atoms. The Hall–Kier alpha value is -0.140. The zero-order valence-corrected chi connectivity index (χ0v) is 13.4. The van der Waals surface area contributed by atoms with Crippen molar-refractivity contribution in [2.45, 2.75) is 6.42 Å². The first-order chi connectivity index (χ1) is 8.22. The zero-order valence-electron chi connectivity index (χ0n) is 10.2. The van der Waals surface area contributed by atoms with Crippen LogP contribution in [0.15, 0.2) is 15.9 Å². The molecule has 0 saturated heterocycles. The van der Waals surface area contributed by atoms with Crippen molar-refractivity contribution >= 4 is 45.6 Å². The number of nitrogens with one attached hydrogen (secondary N) is 2. The van der Waals surface area contributed by atoms with Crippen molar-refractivity contribution in [1.29, 1.82) is 0 Å². The van der Waals surface area contributed by atoms with Crippen molar-refractivity contribution in [1.82, 2.24) is 10.6 Å². The molecule has 7 heteroatoms. The molecule has 1 amide bonds. The third-order valence-corrected chi connectivity index (χ3v) is 3.77. The molecule has 0 aliphatic rings. The van der Waals surface area contributed by atoms with Gasteiger partial charge in [0.2, 0.25) is 5.91 Å². The number of ether oxygens (including phenoxy) is 1. The topological polar surface area (TPSA) is 50.4 Å². The summed E-state index contributed by atoms with van der Waals surface area (Å²) >= 11 is 5.11. The van der Waals surface area contributed by atoms with E-state index < -0.39 is 0 Å². The summed E-state index contributed by atoms with van der Waals surface area (Å²) in [5, 5.41) is 5.86. The number of methoxy groups -OCH3 is 1. The molecule has 2 N–H and O–H groups in total. The Morgan fingerprint density at radius 1 is 1.44 bits per heavy atom. The smallest absolute Gasteiger partial charge is 0.233 e. The van der Waals surface area contributed by atoms with E-state index in [-0.39, 0.29) is 18.3 Å². The summed E-state index contributed by atoms with van der Waals surface area (Å²) < 4.78 is 5.99. The van der Waals surface area contributed by atoms with Crippen LogP contribution in [0.2, 0.25) is 0 Å². The second-order valence-electron chi connectivity index (χ2n) is 3.48. The number of hydrogen-bond donors (Lipinski definition) is 2. The minimum absolute atomic E-state index is 0. The highest BCUT2D eigenvalue weighted by Crippen LogP contribution is 2.21. The van der Waals surface area contributed by atoms with Gasteiger partial charge in [-0.05, 0) is 34.5 Å². The van der Waals surface area contributed by atoms with Gasteiger partial charge in [-0.2, -0.15) is 0 Å². The molecule has 1 aromatic rings. The van der Waals surface area contributed by atoms with E-state index in [9.17, 15) is 4.79 Å². The van der Waals surface area contributed by atoms with E-state index in [0.29, 0.717) is 26.2 Å². The highest BCUT2D eigenvalue weighted by atomic mass is 79.9. The summed E-state index contributed by atoms with van der Waals surface area (Å²) in [6, 6.07) is 4.09. The largest absolute Gasteiger partial charge is 0.383 e. The minimum atomic E-state index is 0. The van der Waals surface area contributed by atoms with E-state index in [4.69, 9.17) is 4.74 Å². The van der Waals surface area contributed by atoms with Crippen LogP contribution < -0.4 is 10.6 Å². The minimum Gasteiger partial charge on any atom is -0.383 e. The van der Waals surface area contributed by atoms with Crippen molar-refractivity contribution in [2.75, 3.05) is 33.4 Å². The molecule has 0 saturated carbocycles. The zero-order chi connectivity index (χ0) is 12.5. The molecule has 104 valence electrons. The Kier molecular flexibility index (Phi) is 10.7. The van der Waals surface area contributed by atoms with Gasteiger partial charge in [-0.1, -0.05) is 0 Å². The fraction of sp³-hybridized carbons (Fsp3) is 0.545. The maximum absolute atomic E-state index is 11.4. The van der Waals surface area contributed by atoms with Crippen LogP contribution in [-0.4, -0.2) is 39.3 Å². The third-order valence-electron chi connectivity index (χ3n) is 2.09. The molecule has 4 nitrogen and oxygen atoms in total. The number of thiophene rings is 1. The summed E-state index contributed by atoms with van der Waals surface area (Å²) in [5.41, 5.74) is 0. The van der Waals surface area contributed by atoms with Gasteiger partial charge in [0, 0.05) is 25.1 Å². The van der Waals surface area contributed by atoms with Gasteiger partial charge in [-0.25, -0.2) is 0 Å². The van der Waals surface area contributed by atoms with Crippen LogP contribution in [0.25, 0.3) is 0 Å². The quantitative estimate of drug-likeness (QED) is 0.698. The van der Waals surface area contributed by atoms with E-state index in [1.807, 2.05) is 6.07 Å². The van der Waals surface area contributed by atoms with Crippen LogP contribution in [0.1, 0.15) is 4.88 Å². The average molecular weight is 358 g/mol. The monoisotopic (exact) mass is 356 g/mol. The number of hydrogen-bond acceptors (Lipinski definition) is 4. The summed E-state index contributed by atoms with van der Waals surface area (Å²) in [7, 11) is 1.64. The fourth-order valence-corrected chi connectivity index (χ4v) is 2.73. The Bertz CT molecular complexity index is 350. The molecule has 0 aliphatic carbocycles. The molecule has 0 aliphatic heterocycles. The first-order valence-corrected chi connectivity index (χ1v) is 7.04. The van der Waals surface area contributed by atoms with Gasteiger partial charge in [0.15, 0.2) is 0 Å². The third kappa shape index (κ3) is 8.05. The Morgan fingerprint density at radius 3 is 2.83 bits per heavy atom. The van der Waals surface area contributed by atoms with Gasteiger partial charge in [-0.3, -0.25) is 4.79 Å². The first kappa shape index (κ1) is 17.9. The van der Waals surface area contributed by atoms with Crippen LogP contribution in [-0.2, 0) is 16.0 Å². The van der Waals surface area contributed by atoms with E-state index in [2.05, 4.69) is 32.6 Å². The fourth-order valence-electron chi connectivity index (χ4n) is 1.25. The predicted octanol–water partition coefficient (Wildman–Crippen LogP) is 1.83. The van der Waals surface area contributed by atoms with E-state index >= 15 is 0 Å². The Balaban J connectivity index is 0.00000289. The SMILES string of the molecule is COCCNCC(=O)NCCc1ccc(Br)s1.Cl. The van der Waals surface area contributed by atoms with E-state index in [0.717, 1.165) is 10.2 Å². The van der Waals surface area contributed by atoms with Gasteiger partial charge in [0.05, 0.1) is 16.9 Å². The van der Waals surface area contributed by atoms with Gasteiger partial charge in [-0.15, -0.1) is 23.7 Å². The highest BCUT2D eigenvalue weighted by Gasteiger charge is 2.01. The van der Waals surface area contributed by atoms with Crippen LogP contribution in [0.3, 0.4) is 0 Å². The summed E-state index contributed by atoms with van der Waals surface area (Å²) in [5.74, 6) is 0.0247. The Labute approximate surface area is 126 Å². The second-order valence-corrected chi connectivity index (χ2v) is 6.02. The molecule has 0 unspecified atom stereocenters. The van der Waals surface area contributed by atoms with Crippen molar-refractivity contribution in [3.8, 4) is 0 Å². The number of rotatable bonds is 8. The van der Waals surface area contributed by atoms with E-state index in [1.54, 1.807) is 18.4 Å². The summed E-state index contributed by atoms with van der Waals surface area (Å²) in [6.45, 7) is 2.34. The van der Waals surface area contributed by atoms with Crippen molar-refractivity contribution in [3.05, 3.63) is 20.8 Å². The van der Waals surface area contributed by atoms with Gasteiger partial charge >= 0.3 is 0 Å². The molecule has 0 bridgehead atoms. The molecule has 0 radical (unpaired) electrons. The number of carbonyl (C=O) groups is 1. The lowest BCUT2D eigenvalue weighted by atomic mass is 10.3. The van der Waals surface area contributed by atoms with Gasteiger partial charge < -0.3 is 15.4 Å². The second kappa shape index (κ2) is 10.8. The summed E-state index contributed by atoms with van der Waals surface area (Å²) in [4.78, 5) is 12.6. The highest BCUT2D eigenvalue weighted by molar-refractivity contribution is 9.11. The Morgan fingerprint density at radius 2 is 2.22 bits per heavy atom. The molecule has 18 heavy (non-hydrogen) atoms. The predicted molar refractivity (Wildman–Crippen MR) is 80.7 cm³/mol. The van der Waals surface area contributed by atoms with Gasteiger partial charge in [0.25, 0.3) is 0 Å². The lowest BCUT2D eigenvalue weighted by molar-refractivity contribution is -0.120. The molecule has 0 aromatic carbocycles. The number of carbonyl (C=O) groups excluding carboxylic acids is 1. The van der Waals surface area contributed by atoms with Crippen LogP contribution >= 0.6 is 39.7 Å². The molecule has 1 aromatic heterocycles. The summed E-state index contributed by atoms with van der Waals surface area (Å²) in [6.07, 6.45) is 0.875. The molecule has 0 atom stereocenters. The van der Waals surface area contributed by atoms with Crippen LogP contribution in [0, 0.1) is 0 Å². The van der Waals surface area contributed by atoms with Gasteiger partial charge in [0.1, 0.15) is 0 Å². The molecule has 1 rings (SSSR count). The maximum atomic E-state index is 11.4. The lowest BCUT2D eigenvalue weighted by Gasteiger charge is -2.05. The van der Waals surface area contributed by atoms with E-state index in [1.165, 1.54) is 4.88 Å². The standard InChI is InChI=1S/C11H17BrN2O2S.ClH/c1-16-7-6-13-8-11(15)14-5-4-9-2-3-10(12)17-9;/h2-3,13H,4-8H2,1H3,(H,14,15);1H. The normalized spacial score (nSPS) is 9.89. The molecule has 1 heterocycles. The molecule has 0 fully saturated rings. The first-order valence-electron chi connectivity index (χ1n) is 5.43. The van der Waals surface area contributed by atoms with Crippen molar-refractivity contribution < 1.29 is 9.53 Å². The van der Waals surface area contributed by atoms with Crippen LogP contribution in [0.4, 0.5) is 0 Å². The maximum Gasteiger partial charge on any atom is 0.233 e. The number of amides is 1.